The van der Waals surface area contributed by atoms with E-state index in [9.17, 15) is 4.79 Å². The summed E-state index contributed by atoms with van der Waals surface area (Å²) in [5, 5.41) is 0. The largest absolute Gasteiger partial charge is 0.299 e. The number of ketones is 1. The van der Waals surface area contributed by atoms with Crippen molar-refractivity contribution >= 4 is 5.78 Å². The summed E-state index contributed by atoms with van der Waals surface area (Å²) in [6.45, 7) is 8.63. The molecule has 0 heterocycles. The van der Waals surface area contributed by atoms with Crippen LogP contribution in [0.25, 0.3) is 0 Å². The van der Waals surface area contributed by atoms with Crippen molar-refractivity contribution in [3.63, 3.8) is 0 Å². The lowest BCUT2D eigenvalue weighted by Gasteiger charge is -2.38. The fourth-order valence-corrected chi connectivity index (χ4v) is 1.95. The Morgan fingerprint density at radius 1 is 1.50 bits per heavy atom. The minimum absolute atomic E-state index is 0.0213. The van der Waals surface area contributed by atoms with Gasteiger partial charge in [-0.05, 0) is 24.7 Å². The standard InChI is InChI=1S/C11H20O/c1-8(2)11(4)6-5-9(3)7-10(11)12/h8-9H,5-7H2,1-4H3. The molecule has 2 atom stereocenters. The van der Waals surface area contributed by atoms with Gasteiger partial charge in [-0.3, -0.25) is 4.79 Å². The number of Topliss-reactive ketones (excluding diaryl/α,β-unsaturated/α-hetero) is 1. The Labute approximate surface area is 75.5 Å². The van der Waals surface area contributed by atoms with Crippen LogP contribution in [0.1, 0.15) is 47.0 Å². The van der Waals surface area contributed by atoms with Crippen LogP contribution in [0.5, 0.6) is 0 Å². The fraction of sp³-hybridized carbons (Fsp3) is 0.909. The van der Waals surface area contributed by atoms with Crippen molar-refractivity contribution in [2.45, 2.75) is 47.0 Å². The highest BCUT2D eigenvalue weighted by Gasteiger charge is 2.39. The van der Waals surface area contributed by atoms with E-state index < -0.39 is 0 Å². The zero-order valence-corrected chi connectivity index (χ0v) is 8.68. The van der Waals surface area contributed by atoms with Gasteiger partial charge in [-0.15, -0.1) is 0 Å². The highest BCUT2D eigenvalue weighted by atomic mass is 16.1. The third-order valence-electron chi connectivity index (χ3n) is 3.60. The average molecular weight is 168 g/mol. The minimum Gasteiger partial charge on any atom is -0.299 e. The fourth-order valence-electron chi connectivity index (χ4n) is 1.95. The molecule has 1 saturated carbocycles. The molecular formula is C11H20O. The molecule has 0 amide bonds. The molecule has 2 unspecified atom stereocenters. The molecule has 0 aromatic carbocycles. The molecule has 0 N–H and O–H groups in total. The van der Waals surface area contributed by atoms with Crippen LogP contribution in [0, 0.1) is 17.3 Å². The number of carbonyl (C=O) groups excluding carboxylic acids is 1. The molecule has 1 aliphatic rings. The summed E-state index contributed by atoms with van der Waals surface area (Å²) >= 11 is 0. The van der Waals surface area contributed by atoms with E-state index in [2.05, 4.69) is 27.7 Å². The molecular weight excluding hydrogens is 148 g/mol. The van der Waals surface area contributed by atoms with Gasteiger partial charge in [-0.1, -0.05) is 27.7 Å². The Balaban J connectivity index is 2.73. The molecule has 1 nitrogen and oxygen atoms in total. The summed E-state index contributed by atoms with van der Waals surface area (Å²) in [5.74, 6) is 1.60. The van der Waals surface area contributed by atoms with E-state index in [1.807, 2.05) is 0 Å². The van der Waals surface area contributed by atoms with Gasteiger partial charge in [0, 0.05) is 11.8 Å². The van der Waals surface area contributed by atoms with Gasteiger partial charge >= 0.3 is 0 Å². The molecule has 70 valence electrons. The van der Waals surface area contributed by atoms with E-state index in [1.54, 1.807) is 0 Å². The first kappa shape index (κ1) is 9.76. The lowest BCUT2D eigenvalue weighted by molar-refractivity contribution is -0.134. The van der Waals surface area contributed by atoms with Crippen molar-refractivity contribution in [3.05, 3.63) is 0 Å². The predicted molar refractivity (Wildman–Crippen MR) is 51.0 cm³/mol. The highest BCUT2D eigenvalue weighted by molar-refractivity contribution is 5.85. The summed E-state index contributed by atoms with van der Waals surface area (Å²) in [7, 11) is 0. The highest BCUT2D eigenvalue weighted by Crippen LogP contribution is 2.40. The van der Waals surface area contributed by atoms with Gasteiger partial charge in [0.05, 0.1) is 0 Å². The molecule has 0 aromatic rings. The van der Waals surface area contributed by atoms with Crippen LogP contribution in [0.3, 0.4) is 0 Å². The van der Waals surface area contributed by atoms with Gasteiger partial charge in [0.1, 0.15) is 5.78 Å². The second kappa shape index (κ2) is 3.20. The molecule has 1 heteroatoms. The van der Waals surface area contributed by atoms with E-state index in [0.717, 1.165) is 12.8 Å². The van der Waals surface area contributed by atoms with Crippen LogP contribution in [-0.4, -0.2) is 5.78 Å². The quantitative estimate of drug-likeness (QED) is 0.588. The lowest BCUT2D eigenvalue weighted by Crippen LogP contribution is -2.38. The van der Waals surface area contributed by atoms with Crippen molar-refractivity contribution < 1.29 is 4.79 Å². The van der Waals surface area contributed by atoms with E-state index in [0.29, 0.717) is 17.6 Å². The van der Waals surface area contributed by atoms with E-state index in [-0.39, 0.29) is 5.41 Å². The Kier molecular flexibility index (Phi) is 2.60. The number of rotatable bonds is 1. The van der Waals surface area contributed by atoms with E-state index in [1.165, 1.54) is 6.42 Å². The first-order valence-electron chi connectivity index (χ1n) is 5.00. The molecule has 0 aliphatic heterocycles. The maximum absolute atomic E-state index is 11.8. The molecule has 12 heavy (non-hydrogen) atoms. The average Bonchev–Trinajstić information content (AvgIpc) is 1.97. The third-order valence-corrected chi connectivity index (χ3v) is 3.60. The molecule has 0 aromatic heterocycles. The second-order valence-corrected chi connectivity index (χ2v) is 4.84. The van der Waals surface area contributed by atoms with Crippen LogP contribution >= 0.6 is 0 Å². The molecule has 1 rings (SSSR count). The Hall–Kier alpha value is -0.330. The Bertz CT molecular complexity index is 183. The molecule has 0 bridgehead atoms. The number of hydrogen-bond acceptors (Lipinski definition) is 1. The molecule has 0 saturated heterocycles. The van der Waals surface area contributed by atoms with Crippen molar-refractivity contribution in [1.29, 1.82) is 0 Å². The van der Waals surface area contributed by atoms with E-state index in [4.69, 9.17) is 0 Å². The SMILES string of the molecule is CC1CCC(C)(C(C)C)C(=O)C1. The van der Waals surface area contributed by atoms with Gasteiger partial charge in [-0.25, -0.2) is 0 Å². The smallest absolute Gasteiger partial charge is 0.139 e. The third kappa shape index (κ3) is 1.55. The summed E-state index contributed by atoms with van der Waals surface area (Å²) in [6, 6.07) is 0. The van der Waals surface area contributed by atoms with Crippen molar-refractivity contribution in [3.8, 4) is 0 Å². The van der Waals surface area contributed by atoms with Crippen LogP contribution in [0.4, 0.5) is 0 Å². The number of hydrogen-bond donors (Lipinski definition) is 0. The lowest BCUT2D eigenvalue weighted by atomic mass is 9.65. The normalized spacial score (nSPS) is 37.4. The van der Waals surface area contributed by atoms with E-state index >= 15 is 0 Å². The summed E-state index contributed by atoms with van der Waals surface area (Å²) < 4.78 is 0. The van der Waals surface area contributed by atoms with Crippen molar-refractivity contribution in [1.82, 2.24) is 0 Å². The zero-order chi connectivity index (χ0) is 9.35. The molecule has 0 spiro atoms. The van der Waals surface area contributed by atoms with Gasteiger partial charge in [0.2, 0.25) is 0 Å². The van der Waals surface area contributed by atoms with Gasteiger partial charge in [-0.2, -0.15) is 0 Å². The van der Waals surface area contributed by atoms with Crippen LogP contribution in [0.15, 0.2) is 0 Å². The summed E-state index contributed by atoms with van der Waals surface area (Å²) in [5.41, 5.74) is -0.0213. The Morgan fingerprint density at radius 2 is 2.08 bits per heavy atom. The zero-order valence-electron chi connectivity index (χ0n) is 8.68. The monoisotopic (exact) mass is 168 g/mol. The van der Waals surface area contributed by atoms with Crippen molar-refractivity contribution in [2.75, 3.05) is 0 Å². The molecule has 1 fully saturated rings. The van der Waals surface area contributed by atoms with Crippen LogP contribution < -0.4 is 0 Å². The predicted octanol–water partition coefficient (Wildman–Crippen LogP) is 3.04. The Morgan fingerprint density at radius 3 is 2.50 bits per heavy atom. The molecule has 0 radical (unpaired) electrons. The summed E-state index contributed by atoms with van der Waals surface area (Å²) in [6.07, 6.45) is 3.11. The summed E-state index contributed by atoms with van der Waals surface area (Å²) in [4.78, 5) is 11.8. The maximum atomic E-state index is 11.8. The topological polar surface area (TPSA) is 17.1 Å². The van der Waals surface area contributed by atoms with Gasteiger partial charge in [0.25, 0.3) is 0 Å². The van der Waals surface area contributed by atoms with Crippen LogP contribution in [-0.2, 0) is 4.79 Å². The maximum Gasteiger partial charge on any atom is 0.139 e. The first-order valence-corrected chi connectivity index (χ1v) is 5.00. The van der Waals surface area contributed by atoms with Crippen molar-refractivity contribution in [2.24, 2.45) is 17.3 Å². The van der Waals surface area contributed by atoms with Crippen LogP contribution in [0.2, 0.25) is 0 Å². The first-order chi connectivity index (χ1) is 5.47. The minimum atomic E-state index is -0.0213. The van der Waals surface area contributed by atoms with Gasteiger partial charge in [0.15, 0.2) is 0 Å². The second-order valence-electron chi connectivity index (χ2n) is 4.84. The number of carbonyl (C=O) groups is 1. The van der Waals surface area contributed by atoms with Gasteiger partial charge < -0.3 is 0 Å². The molecule has 1 aliphatic carbocycles.